The van der Waals surface area contributed by atoms with Crippen molar-refractivity contribution in [3.8, 4) is 0 Å². The number of hydrogen-bond donors (Lipinski definition) is 2. The van der Waals surface area contributed by atoms with Gasteiger partial charge in [-0.1, -0.05) is 0 Å². The van der Waals surface area contributed by atoms with Crippen LogP contribution in [0.3, 0.4) is 0 Å². The van der Waals surface area contributed by atoms with Gasteiger partial charge in [0.1, 0.15) is 0 Å². The van der Waals surface area contributed by atoms with Gasteiger partial charge in [0.05, 0.1) is 0 Å². The Kier molecular flexibility index (Phi) is 6.60. The van der Waals surface area contributed by atoms with Crippen LogP contribution in [0, 0.1) is 0 Å². The summed E-state index contributed by atoms with van der Waals surface area (Å²) in [6.07, 6.45) is 4.10. The van der Waals surface area contributed by atoms with Crippen LogP contribution in [-0.4, -0.2) is 58.8 Å². The molecule has 0 amide bonds. The molecule has 1 aromatic rings. The molecule has 2 fully saturated rings. The molecule has 3 heterocycles. The quantitative estimate of drug-likeness (QED) is 0.551. The third-order valence-corrected chi connectivity index (χ3v) is 15.5. The summed E-state index contributed by atoms with van der Waals surface area (Å²) >= 11 is -3.26. The van der Waals surface area contributed by atoms with Gasteiger partial charge in [-0.2, -0.15) is 0 Å². The van der Waals surface area contributed by atoms with Crippen LogP contribution in [0.15, 0.2) is 17.1 Å². The van der Waals surface area contributed by atoms with E-state index in [0.717, 1.165) is 34.6 Å². The first kappa shape index (κ1) is 20.1. The molecule has 1 aromatic heterocycles. The van der Waals surface area contributed by atoms with Gasteiger partial charge in [0.15, 0.2) is 0 Å². The van der Waals surface area contributed by atoms with Crippen molar-refractivity contribution in [1.82, 2.24) is 9.55 Å². The molecule has 0 aromatic carbocycles. The van der Waals surface area contributed by atoms with Gasteiger partial charge in [-0.15, -0.1) is 0 Å². The predicted molar refractivity (Wildman–Crippen MR) is 98.8 cm³/mol. The van der Waals surface area contributed by atoms with E-state index in [1.54, 1.807) is 12.3 Å². The van der Waals surface area contributed by atoms with Crippen LogP contribution in [-0.2, 0) is 10.9 Å². The summed E-state index contributed by atoms with van der Waals surface area (Å²) in [5.74, 6) is 0.169. The van der Waals surface area contributed by atoms with E-state index in [1.165, 1.54) is 4.57 Å². The van der Waals surface area contributed by atoms with Crippen molar-refractivity contribution in [1.29, 1.82) is 0 Å². The average molecular weight is 474 g/mol. The fraction of sp³-hybridized carbons (Fsp3) is 0.765. The van der Waals surface area contributed by atoms with Crippen molar-refractivity contribution in [3.63, 3.8) is 0 Å². The third kappa shape index (κ3) is 3.94. The Balaban J connectivity index is 1.88. The topological polar surface area (TPSA) is 109 Å². The van der Waals surface area contributed by atoms with Crippen LogP contribution < -0.4 is 11.4 Å². The Bertz CT molecular complexity index is 662. The summed E-state index contributed by atoms with van der Waals surface area (Å²) in [5, 5.41) is 9.75. The number of nitrogens with zero attached hydrogens (tertiary/aromatic N) is 2. The monoisotopic (exact) mass is 475 g/mol. The van der Waals surface area contributed by atoms with Gasteiger partial charge < -0.3 is 0 Å². The number of nitrogen functional groups attached to an aromatic ring is 1. The summed E-state index contributed by atoms with van der Waals surface area (Å²) in [6.45, 7) is 4.16. The van der Waals surface area contributed by atoms with Crippen molar-refractivity contribution < 1.29 is 16.0 Å². The van der Waals surface area contributed by atoms with Gasteiger partial charge in [0.25, 0.3) is 0 Å². The first-order valence-electron chi connectivity index (χ1n) is 9.50. The molecule has 3 rings (SSSR count). The normalized spacial score (nSPS) is 29.8. The summed E-state index contributed by atoms with van der Waals surface area (Å²) in [7, 11) is 0. The molecule has 2 aliphatic rings. The maximum atomic E-state index is 12.3. The van der Waals surface area contributed by atoms with Crippen molar-refractivity contribution in [2.45, 2.75) is 72.9 Å². The predicted octanol–water partition coefficient (Wildman–Crippen LogP) is 1.54. The van der Waals surface area contributed by atoms with Gasteiger partial charge >= 0.3 is 159 Å². The second-order valence-corrected chi connectivity index (χ2v) is 16.5. The second kappa shape index (κ2) is 8.55. The average Bonchev–Trinajstić information content (AvgIpc) is 3.14. The van der Waals surface area contributed by atoms with Crippen LogP contribution in [0.4, 0.5) is 5.82 Å². The van der Waals surface area contributed by atoms with E-state index in [0.29, 0.717) is 0 Å². The van der Waals surface area contributed by atoms with Crippen LogP contribution >= 0.6 is 0 Å². The Labute approximate surface area is 158 Å². The molecular weight excluding hydrogens is 445 g/mol. The SMILES string of the molecule is CCC[CH2][Sn]1([CH2]CCC)[O][C@H]2[C@H]([O]1)[C@@H](n1ccc(N)nc1=O)O[C@H]2CO. The van der Waals surface area contributed by atoms with Crippen LogP contribution in [0.5, 0.6) is 0 Å². The molecular formula is C17H29N3O5Sn. The van der Waals surface area contributed by atoms with E-state index in [9.17, 15) is 9.90 Å². The number of rotatable bonds is 8. The molecule has 0 bridgehead atoms. The van der Waals surface area contributed by atoms with E-state index >= 15 is 0 Å². The number of hydrogen-bond acceptors (Lipinski definition) is 7. The molecule has 146 valence electrons. The third-order valence-electron chi connectivity index (χ3n) is 5.12. The van der Waals surface area contributed by atoms with Crippen molar-refractivity contribution in [2.75, 3.05) is 12.3 Å². The number of unbranched alkanes of at least 4 members (excludes halogenated alkanes) is 2. The maximum absolute atomic E-state index is 12.3. The second-order valence-electron chi connectivity index (χ2n) is 7.07. The summed E-state index contributed by atoms with van der Waals surface area (Å²) in [4.78, 5) is 16.0. The molecule has 8 nitrogen and oxygen atoms in total. The standard InChI is InChI=1S/C9H11N3O5.2C4H9.Sn/c10-5-1-2-12(9(16)11-5)8-7(15)6(14)4(3-13)17-8;2*1-3-4-2;/h1-2,4,6-8,13H,3H2,(H2,10,11,16);2*1,3-4H2,2H3;/q-2;;;+2/t4-,6+,7-,8-;;;/m0.../s1. The summed E-state index contributed by atoms with van der Waals surface area (Å²) < 4.78 is 22.4. The number of nitrogens with two attached hydrogens (primary N) is 1. The fourth-order valence-electron chi connectivity index (χ4n) is 3.74. The number of fused-ring (bicyclic) bond motifs is 1. The summed E-state index contributed by atoms with van der Waals surface area (Å²) in [6, 6.07) is 1.56. The molecule has 2 aliphatic heterocycles. The van der Waals surface area contributed by atoms with Gasteiger partial charge in [-0.25, -0.2) is 0 Å². The minimum atomic E-state index is -3.26. The number of anilines is 1. The molecule has 0 spiro atoms. The molecule has 0 aliphatic carbocycles. The zero-order valence-corrected chi connectivity index (χ0v) is 18.3. The van der Waals surface area contributed by atoms with Crippen molar-refractivity contribution in [2.24, 2.45) is 0 Å². The van der Waals surface area contributed by atoms with E-state index in [4.69, 9.17) is 16.6 Å². The number of aliphatic hydroxyl groups excluding tert-OH is 1. The molecule has 4 atom stereocenters. The van der Waals surface area contributed by atoms with Crippen molar-refractivity contribution >= 4 is 25.0 Å². The van der Waals surface area contributed by atoms with Gasteiger partial charge in [0, 0.05) is 0 Å². The zero-order chi connectivity index (χ0) is 18.7. The van der Waals surface area contributed by atoms with Crippen LogP contribution in [0.2, 0.25) is 8.87 Å². The Morgan fingerprint density at radius 3 is 2.46 bits per heavy atom. The molecule has 0 unspecified atom stereocenters. The Hall–Kier alpha value is -0.681. The molecule has 2 saturated heterocycles. The van der Waals surface area contributed by atoms with E-state index < -0.39 is 37.2 Å². The first-order chi connectivity index (χ1) is 12.5. The molecule has 3 N–H and O–H groups in total. The molecule has 0 saturated carbocycles. The fourth-order valence-corrected chi connectivity index (χ4v) is 15.4. The van der Waals surface area contributed by atoms with E-state index in [1.807, 2.05) is 0 Å². The molecule has 0 radical (unpaired) electrons. The first-order valence-corrected chi connectivity index (χ1v) is 15.9. The van der Waals surface area contributed by atoms with Gasteiger partial charge in [-0.05, 0) is 0 Å². The number of aliphatic hydroxyl groups is 1. The number of ether oxygens (including phenoxy) is 1. The van der Waals surface area contributed by atoms with E-state index in [2.05, 4.69) is 18.8 Å². The van der Waals surface area contributed by atoms with Crippen LogP contribution in [0.1, 0.15) is 45.8 Å². The van der Waals surface area contributed by atoms with Crippen molar-refractivity contribution in [3.05, 3.63) is 22.7 Å². The number of aromatic nitrogens is 2. The minimum absolute atomic E-state index is 0.165. The van der Waals surface area contributed by atoms with Crippen LogP contribution in [0.25, 0.3) is 0 Å². The Morgan fingerprint density at radius 2 is 1.88 bits per heavy atom. The van der Waals surface area contributed by atoms with Gasteiger partial charge in [0.2, 0.25) is 0 Å². The molecule has 26 heavy (non-hydrogen) atoms. The van der Waals surface area contributed by atoms with E-state index in [-0.39, 0.29) is 24.6 Å². The summed E-state index contributed by atoms with van der Waals surface area (Å²) in [5.41, 5.74) is 5.11. The zero-order valence-electron chi connectivity index (χ0n) is 15.5. The molecule has 9 heteroatoms. The van der Waals surface area contributed by atoms with Gasteiger partial charge in [-0.3, -0.25) is 0 Å². The Morgan fingerprint density at radius 1 is 1.23 bits per heavy atom.